The molecule has 2 aliphatic heterocycles. The molecule has 0 N–H and O–H groups in total. The van der Waals surface area contributed by atoms with Gasteiger partial charge < -0.3 is 45.4 Å². The molecular weight excluding hydrogens is 722 g/mol. The number of allylic oxidation sites excluding steroid dienone is 2. The van der Waals surface area contributed by atoms with E-state index < -0.39 is 0 Å². The molecule has 0 radical (unpaired) electrons. The number of esters is 1. The number of nitrogens with zero attached hydrogens (tertiary/aromatic N) is 1. The molecule has 0 amide bonds. The largest absolute Gasteiger partial charge is 1.00 e. The molecule has 3 heterocycles. The summed E-state index contributed by atoms with van der Waals surface area (Å²) in [4.78, 5) is 14.1. The maximum atomic E-state index is 14.1. The number of rotatable bonds is 13. The van der Waals surface area contributed by atoms with Crippen molar-refractivity contribution in [1.29, 1.82) is 0 Å². The smallest absolute Gasteiger partial charge is 0.315 e. The first kappa shape index (κ1) is 36.5. The highest BCUT2D eigenvalue weighted by molar-refractivity contribution is 5.97. The average molecular weight is 765 g/mol. The number of methoxy groups -OCH3 is 2. The molecule has 0 spiro atoms. The van der Waals surface area contributed by atoms with Crippen LogP contribution in [0.3, 0.4) is 0 Å². The number of pyridine rings is 1. The fourth-order valence-electron chi connectivity index (χ4n) is 7.09. The third kappa shape index (κ3) is 6.97. The van der Waals surface area contributed by atoms with E-state index in [0.717, 1.165) is 86.2 Å². The number of halogens is 1. The van der Waals surface area contributed by atoms with E-state index >= 15 is 0 Å². The predicted molar refractivity (Wildman–Crippen MR) is 197 cm³/mol. The van der Waals surface area contributed by atoms with Gasteiger partial charge in [-0.3, -0.25) is 4.79 Å². The van der Waals surface area contributed by atoms with Gasteiger partial charge in [-0.1, -0.05) is 31.2 Å². The molecule has 5 aromatic rings. The van der Waals surface area contributed by atoms with E-state index in [-0.39, 0.29) is 36.2 Å². The second-order valence-corrected chi connectivity index (χ2v) is 12.7. The van der Waals surface area contributed by atoms with Crippen LogP contribution < -0.4 is 50.0 Å². The van der Waals surface area contributed by atoms with Crippen LogP contribution >= 0.6 is 0 Å². The zero-order chi connectivity index (χ0) is 35.5. The normalized spacial score (nSPS) is 12.3. The van der Waals surface area contributed by atoms with Gasteiger partial charge in [-0.05, 0) is 90.0 Å². The van der Waals surface area contributed by atoms with Crippen LogP contribution in [0.4, 0.5) is 0 Å². The summed E-state index contributed by atoms with van der Waals surface area (Å²) in [6.07, 6.45) is 8.77. The molecule has 0 aliphatic carbocycles. The van der Waals surface area contributed by atoms with Gasteiger partial charge >= 0.3 is 5.97 Å². The van der Waals surface area contributed by atoms with E-state index in [1.54, 1.807) is 14.2 Å². The van der Waals surface area contributed by atoms with Crippen molar-refractivity contribution in [1.82, 2.24) is 0 Å². The lowest BCUT2D eigenvalue weighted by atomic mass is 9.90. The Labute approximate surface area is 315 Å². The molecule has 52 heavy (non-hydrogen) atoms. The van der Waals surface area contributed by atoms with E-state index in [9.17, 15) is 4.79 Å². The van der Waals surface area contributed by atoms with Crippen LogP contribution in [0.25, 0.3) is 33.2 Å². The first-order valence-electron chi connectivity index (χ1n) is 17.3. The number of fused-ring (bicyclic) bond motifs is 5. The third-order valence-corrected chi connectivity index (χ3v) is 9.41. The molecule has 0 saturated carbocycles. The fraction of sp³-hybridized carbons (Fsp3) is 0.256. The first-order chi connectivity index (χ1) is 25.0. The maximum Gasteiger partial charge on any atom is 0.315 e. The summed E-state index contributed by atoms with van der Waals surface area (Å²) in [6, 6.07) is 20.1. The molecule has 1 aromatic heterocycles. The molecule has 0 bridgehead atoms. The van der Waals surface area contributed by atoms with Crippen molar-refractivity contribution in [3.8, 4) is 56.9 Å². The Morgan fingerprint density at radius 2 is 1.63 bits per heavy atom. The Kier molecular flexibility index (Phi) is 11.2. The van der Waals surface area contributed by atoms with Gasteiger partial charge in [0.15, 0.2) is 35.7 Å². The lowest BCUT2D eigenvalue weighted by Crippen LogP contribution is -3.00. The standard InChI is InChI=1S/C43H42NO7.BrH/c1-6-9-27-11-14-37(48-19-8-3)32(20-27)28-12-15-36(30(21-28)10-7-2)51-41(45)24-34-31-13-16-38(46-4)43(47-5)35(31)25-44-18-17-29-22-39-40(50-26-49-39)23-33(29)42(34)44;/h6-7,11-16,20-23,25H,1-2,8-10,17-19,24,26H2,3-5H3;1H/q+1;/p-1. The molecule has 4 aromatic carbocycles. The summed E-state index contributed by atoms with van der Waals surface area (Å²) in [5, 5.41) is 1.73. The second kappa shape index (κ2) is 15.9. The van der Waals surface area contributed by atoms with Crippen LogP contribution in [0.5, 0.6) is 34.5 Å². The molecular formula is C43H42BrNO7. The van der Waals surface area contributed by atoms with Crippen molar-refractivity contribution in [2.24, 2.45) is 0 Å². The summed E-state index contributed by atoms with van der Waals surface area (Å²) >= 11 is 0. The molecule has 0 atom stereocenters. The van der Waals surface area contributed by atoms with Gasteiger partial charge in [-0.25, -0.2) is 0 Å². The zero-order valence-electron chi connectivity index (χ0n) is 29.8. The minimum absolute atomic E-state index is 0. The molecule has 2 aliphatic rings. The van der Waals surface area contributed by atoms with Gasteiger partial charge in [0.1, 0.15) is 11.5 Å². The highest BCUT2D eigenvalue weighted by Crippen LogP contribution is 2.44. The Balaban J connectivity index is 0.00000464. The second-order valence-electron chi connectivity index (χ2n) is 12.7. The summed E-state index contributed by atoms with van der Waals surface area (Å²) in [6.45, 7) is 11.5. The van der Waals surface area contributed by atoms with Crippen LogP contribution in [0, 0.1) is 0 Å². The topological polar surface area (TPSA) is 76.3 Å². The number of aryl methyl sites for hydroxylation is 2. The third-order valence-electron chi connectivity index (χ3n) is 9.41. The SMILES string of the molecule is C=CCc1ccc(OCCC)c(-c2ccc(OC(=O)Cc3c4[n+](cc5c(OC)c(OC)ccc35)CCc3cc5c(cc3-4)OCO5)c(CC=C)c2)c1.[Br-]. The van der Waals surface area contributed by atoms with Crippen LogP contribution in [-0.2, 0) is 37.0 Å². The van der Waals surface area contributed by atoms with Crippen molar-refractivity contribution in [3.63, 3.8) is 0 Å². The number of benzene rings is 4. The van der Waals surface area contributed by atoms with E-state index in [2.05, 4.69) is 55.1 Å². The predicted octanol–water partition coefficient (Wildman–Crippen LogP) is 5.16. The minimum Gasteiger partial charge on any atom is -1.00 e. The van der Waals surface area contributed by atoms with E-state index in [1.165, 1.54) is 0 Å². The van der Waals surface area contributed by atoms with Crippen molar-refractivity contribution >= 4 is 16.7 Å². The first-order valence-corrected chi connectivity index (χ1v) is 17.3. The van der Waals surface area contributed by atoms with Crippen LogP contribution in [0.2, 0.25) is 0 Å². The zero-order valence-corrected chi connectivity index (χ0v) is 31.3. The Morgan fingerprint density at radius 3 is 2.38 bits per heavy atom. The Bertz CT molecular complexity index is 2180. The van der Waals surface area contributed by atoms with Crippen LogP contribution in [0.1, 0.15) is 35.6 Å². The maximum absolute atomic E-state index is 14.1. The van der Waals surface area contributed by atoms with Gasteiger partial charge in [0, 0.05) is 22.9 Å². The molecule has 7 rings (SSSR count). The Morgan fingerprint density at radius 1 is 0.865 bits per heavy atom. The molecule has 0 fully saturated rings. The monoisotopic (exact) mass is 763 g/mol. The summed E-state index contributed by atoms with van der Waals surface area (Å²) in [7, 11) is 3.25. The number of hydrogen-bond donors (Lipinski definition) is 0. The average Bonchev–Trinajstić information content (AvgIpc) is 3.61. The summed E-state index contributed by atoms with van der Waals surface area (Å²) in [5.74, 6) is 3.58. The summed E-state index contributed by atoms with van der Waals surface area (Å²) in [5.41, 5.74) is 7.85. The van der Waals surface area contributed by atoms with Crippen molar-refractivity contribution in [3.05, 3.63) is 114 Å². The highest BCUT2D eigenvalue weighted by atomic mass is 79.9. The fourth-order valence-corrected chi connectivity index (χ4v) is 7.09. The van der Waals surface area contributed by atoms with Gasteiger partial charge in [0.05, 0.1) is 38.2 Å². The lowest BCUT2D eigenvalue weighted by molar-refractivity contribution is -0.686. The lowest BCUT2D eigenvalue weighted by Gasteiger charge is -2.21. The van der Waals surface area contributed by atoms with Gasteiger partial charge in [0.2, 0.25) is 12.5 Å². The van der Waals surface area contributed by atoms with Gasteiger partial charge in [-0.2, -0.15) is 4.57 Å². The number of carbonyl (C=O) groups excluding carboxylic acids is 1. The molecule has 8 nitrogen and oxygen atoms in total. The number of aromatic nitrogens is 1. The molecule has 268 valence electrons. The van der Waals surface area contributed by atoms with Crippen molar-refractivity contribution in [2.45, 2.75) is 45.6 Å². The van der Waals surface area contributed by atoms with Crippen LogP contribution in [-0.4, -0.2) is 33.6 Å². The van der Waals surface area contributed by atoms with Crippen LogP contribution in [0.15, 0.2) is 92.2 Å². The quantitative estimate of drug-likeness (QED) is 0.0711. The van der Waals surface area contributed by atoms with Gasteiger partial charge in [0.25, 0.3) is 0 Å². The molecule has 9 heteroatoms. The van der Waals surface area contributed by atoms with Gasteiger partial charge in [-0.15, -0.1) is 13.2 Å². The Hall–Kier alpha value is -5.28. The van der Waals surface area contributed by atoms with E-state index in [1.807, 2.05) is 48.6 Å². The molecule has 0 unspecified atom stereocenters. The van der Waals surface area contributed by atoms with Crippen molar-refractivity contribution < 1.29 is 54.8 Å². The summed E-state index contributed by atoms with van der Waals surface area (Å²) < 4.78 is 37.5. The highest BCUT2D eigenvalue weighted by Gasteiger charge is 2.33. The number of hydrogen-bond acceptors (Lipinski definition) is 7. The van der Waals surface area contributed by atoms with Crippen molar-refractivity contribution in [2.75, 3.05) is 27.6 Å². The molecule has 0 saturated heterocycles. The van der Waals surface area contributed by atoms with E-state index in [0.29, 0.717) is 42.6 Å². The minimum atomic E-state index is -0.383. The number of carbonyl (C=O) groups is 1. The number of ether oxygens (including phenoxy) is 6. The van der Waals surface area contributed by atoms with E-state index in [4.69, 9.17) is 28.4 Å².